The zero-order valence-electron chi connectivity index (χ0n) is 10.9. The molecule has 1 aromatic carbocycles. The molecular weight excluding hydrogens is 318 g/mol. The highest BCUT2D eigenvalue weighted by molar-refractivity contribution is 9.09. The van der Waals surface area contributed by atoms with E-state index in [0.717, 1.165) is 29.7 Å². The zero-order chi connectivity index (χ0) is 13.8. The number of hydrogen-bond donors (Lipinski definition) is 0. The first-order valence-corrected chi connectivity index (χ1v) is 7.49. The van der Waals surface area contributed by atoms with Gasteiger partial charge >= 0.3 is 0 Å². The molecule has 0 saturated carbocycles. The first-order chi connectivity index (χ1) is 9.85. The molecule has 0 saturated heterocycles. The first-order valence-electron chi connectivity index (χ1n) is 6.37. The summed E-state index contributed by atoms with van der Waals surface area (Å²) >= 11 is 3.40. The van der Waals surface area contributed by atoms with Crippen LogP contribution in [0.5, 0.6) is 0 Å². The summed E-state index contributed by atoms with van der Waals surface area (Å²) < 4.78 is 3.84. The molecule has 0 atom stereocenters. The lowest BCUT2D eigenvalue weighted by atomic mass is 10.2. The van der Waals surface area contributed by atoms with E-state index in [1.807, 2.05) is 21.6 Å². The largest absolute Gasteiger partial charge is 0.306 e. The van der Waals surface area contributed by atoms with Gasteiger partial charge in [-0.1, -0.05) is 33.3 Å². The summed E-state index contributed by atoms with van der Waals surface area (Å²) in [4.78, 5) is 4.05. The monoisotopic (exact) mass is 331 g/mol. The summed E-state index contributed by atoms with van der Waals surface area (Å²) in [6.45, 7) is 0.736. The molecule has 0 bridgehead atoms. The molecule has 2 aromatic heterocycles. The molecule has 0 fully saturated rings. The molecule has 102 valence electrons. The van der Waals surface area contributed by atoms with E-state index in [0.29, 0.717) is 0 Å². The predicted molar refractivity (Wildman–Crippen MR) is 80.2 cm³/mol. The van der Waals surface area contributed by atoms with Gasteiger partial charge in [0.1, 0.15) is 0 Å². The summed E-state index contributed by atoms with van der Waals surface area (Å²) in [7, 11) is 0. The SMILES string of the molecule is BrCCc1cn(Cc2ccc(-n3ccnc3)cc2)nn1. The van der Waals surface area contributed by atoms with E-state index in [1.165, 1.54) is 5.56 Å². The number of nitrogens with zero attached hydrogens (tertiary/aromatic N) is 5. The molecule has 0 radical (unpaired) electrons. The Morgan fingerprint density at radius 1 is 1.15 bits per heavy atom. The number of aryl methyl sites for hydroxylation is 1. The van der Waals surface area contributed by atoms with Crippen LogP contribution in [0.1, 0.15) is 11.3 Å². The number of halogens is 1. The van der Waals surface area contributed by atoms with Crippen molar-refractivity contribution in [1.82, 2.24) is 24.5 Å². The maximum atomic E-state index is 4.13. The number of hydrogen-bond acceptors (Lipinski definition) is 3. The van der Waals surface area contributed by atoms with Gasteiger partial charge in [-0.2, -0.15) is 0 Å². The van der Waals surface area contributed by atoms with E-state index in [1.54, 1.807) is 12.5 Å². The van der Waals surface area contributed by atoms with Gasteiger partial charge in [-0.05, 0) is 17.7 Å². The minimum atomic E-state index is 0.736. The topological polar surface area (TPSA) is 48.5 Å². The second-order valence-electron chi connectivity index (χ2n) is 4.48. The van der Waals surface area contributed by atoms with Gasteiger partial charge in [0.15, 0.2) is 0 Å². The van der Waals surface area contributed by atoms with Gasteiger partial charge in [-0.15, -0.1) is 5.10 Å². The van der Waals surface area contributed by atoms with Gasteiger partial charge in [0.05, 0.1) is 18.6 Å². The normalized spacial score (nSPS) is 10.8. The van der Waals surface area contributed by atoms with Gasteiger partial charge in [0, 0.05) is 36.0 Å². The molecule has 0 unspecified atom stereocenters. The average Bonchev–Trinajstić information content (AvgIpc) is 3.12. The Kier molecular flexibility index (Phi) is 3.92. The molecule has 0 spiro atoms. The molecule has 2 heterocycles. The minimum absolute atomic E-state index is 0.736. The van der Waals surface area contributed by atoms with Crippen molar-refractivity contribution in [2.75, 3.05) is 5.33 Å². The summed E-state index contributed by atoms with van der Waals surface area (Å²) in [6, 6.07) is 8.35. The number of imidazole rings is 1. The molecule has 0 aliphatic carbocycles. The van der Waals surface area contributed by atoms with E-state index >= 15 is 0 Å². The Hall–Kier alpha value is -1.95. The molecule has 6 heteroatoms. The van der Waals surface area contributed by atoms with E-state index in [2.05, 4.69) is 55.5 Å². The molecule has 3 rings (SSSR count). The standard InChI is InChI=1S/C14H14BrN5/c15-6-5-13-10-20(18-17-13)9-12-1-3-14(4-2-12)19-8-7-16-11-19/h1-4,7-8,10-11H,5-6,9H2. The second-order valence-corrected chi connectivity index (χ2v) is 5.28. The van der Waals surface area contributed by atoms with E-state index in [9.17, 15) is 0 Å². The first kappa shape index (κ1) is 13.1. The lowest BCUT2D eigenvalue weighted by molar-refractivity contribution is 0.649. The summed E-state index contributed by atoms with van der Waals surface area (Å²) in [5.74, 6) is 0. The van der Waals surface area contributed by atoms with Crippen LogP contribution in [0, 0.1) is 0 Å². The zero-order valence-corrected chi connectivity index (χ0v) is 12.4. The maximum Gasteiger partial charge on any atom is 0.0991 e. The molecule has 5 nitrogen and oxygen atoms in total. The van der Waals surface area contributed by atoms with Gasteiger partial charge in [0.2, 0.25) is 0 Å². The van der Waals surface area contributed by atoms with Crippen LogP contribution in [0.15, 0.2) is 49.2 Å². The van der Waals surface area contributed by atoms with Crippen molar-refractivity contribution in [3.63, 3.8) is 0 Å². The Morgan fingerprint density at radius 3 is 2.70 bits per heavy atom. The molecule has 0 aliphatic rings. The van der Waals surface area contributed by atoms with Gasteiger partial charge in [0.25, 0.3) is 0 Å². The molecule has 0 N–H and O–H groups in total. The van der Waals surface area contributed by atoms with Crippen molar-refractivity contribution < 1.29 is 0 Å². The minimum Gasteiger partial charge on any atom is -0.306 e. The number of benzene rings is 1. The van der Waals surface area contributed by atoms with Crippen molar-refractivity contribution in [2.45, 2.75) is 13.0 Å². The number of alkyl halides is 1. The van der Waals surface area contributed by atoms with Crippen LogP contribution in [0.3, 0.4) is 0 Å². The molecule has 0 aliphatic heterocycles. The summed E-state index contributed by atoms with van der Waals surface area (Å²) in [6.07, 6.45) is 8.39. The highest BCUT2D eigenvalue weighted by atomic mass is 79.9. The van der Waals surface area contributed by atoms with Crippen LogP contribution in [-0.4, -0.2) is 29.9 Å². The molecule has 20 heavy (non-hydrogen) atoms. The molecule has 0 amide bonds. The Balaban J connectivity index is 1.71. The average molecular weight is 332 g/mol. The lowest BCUT2D eigenvalue weighted by Gasteiger charge is -2.04. The Morgan fingerprint density at radius 2 is 2.00 bits per heavy atom. The van der Waals surface area contributed by atoms with Gasteiger partial charge < -0.3 is 4.57 Å². The summed E-state index contributed by atoms with van der Waals surface area (Å²) in [5, 5.41) is 9.17. The van der Waals surface area contributed by atoms with Crippen molar-refractivity contribution in [2.24, 2.45) is 0 Å². The second kappa shape index (κ2) is 6.00. The fourth-order valence-electron chi connectivity index (χ4n) is 2.00. The van der Waals surface area contributed by atoms with Crippen LogP contribution in [-0.2, 0) is 13.0 Å². The Bertz CT molecular complexity index is 657. The van der Waals surface area contributed by atoms with E-state index in [-0.39, 0.29) is 0 Å². The fourth-order valence-corrected chi connectivity index (χ4v) is 2.41. The number of aromatic nitrogens is 5. The van der Waals surface area contributed by atoms with Crippen molar-refractivity contribution in [3.8, 4) is 5.69 Å². The van der Waals surface area contributed by atoms with Crippen molar-refractivity contribution >= 4 is 15.9 Å². The fraction of sp³-hybridized carbons (Fsp3) is 0.214. The van der Waals surface area contributed by atoms with Crippen molar-refractivity contribution in [3.05, 3.63) is 60.4 Å². The lowest BCUT2D eigenvalue weighted by Crippen LogP contribution is -2.00. The highest BCUT2D eigenvalue weighted by Crippen LogP contribution is 2.10. The Labute approximate surface area is 125 Å². The highest BCUT2D eigenvalue weighted by Gasteiger charge is 2.02. The van der Waals surface area contributed by atoms with Crippen molar-refractivity contribution in [1.29, 1.82) is 0 Å². The van der Waals surface area contributed by atoms with Crippen LogP contribution in [0.2, 0.25) is 0 Å². The van der Waals surface area contributed by atoms with Crippen LogP contribution >= 0.6 is 15.9 Å². The molecular formula is C14H14BrN5. The summed E-state index contributed by atoms with van der Waals surface area (Å²) in [5.41, 5.74) is 3.31. The number of rotatable bonds is 5. The van der Waals surface area contributed by atoms with E-state index < -0.39 is 0 Å². The van der Waals surface area contributed by atoms with Crippen LogP contribution < -0.4 is 0 Å². The third-order valence-corrected chi connectivity index (χ3v) is 3.42. The van der Waals surface area contributed by atoms with Crippen LogP contribution in [0.25, 0.3) is 5.69 Å². The van der Waals surface area contributed by atoms with Crippen LogP contribution in [0.4, 0.5) is 0 Å². The van der Waals surface area contributed by atoms with E-state index in [4.69, 9.17) is 0 Å². The third-order valence-electron chi connectivity index (χ3n) is 3.02. The third kappa shape index (κ3) is 2.96. The quantitative estimate of drug-likeness (QED) is 0.675. The maximum absolute atomic E-state index is 4.13. The molecule has 3 aromatic rings. The smallest absolute Gasteiger partial charge is 0.0991 e. The van der Waals surface area contributed by atoms with Gasteiger partial charge in [-0.25, -0.2) is 9.67 Å². The van der Waals surface area contributed by atoms with Gasteiger partial charge in [-0.3, -0.25) is 0 Å². The predicted octanol–water partition coefficient (Wildman–Crippen LogP) is 2.45.